The van der Waals surface area contributed by atoms with Crippen LogP contribution in [-0.2, 0) is 10.8 Å². The fraction of sp³-hybridized carbons (Fsp3) is 0.0769. The van der Waals surface area contributed by atoms with Gasteiger partial charge in [-0.1, -0.05) is 361 Å². The second-order valence-corrected chi connectivity index (χ2v) is 35.6. The van der Waals surface area contributed by atoms with E-state index in [1.807, 2.05) is 22.7 Å². The number of hydrogen-bond acceptors (Lipinski definition) is 4. The molecule has 0 radical (unpaired) electrons. The van der Waals surface area contributed by atoms with Crippen molar-refractivity contribution in [1.82, 2.24) is 0 Å². The minimum Gasteiger partial charge on any atom is -0.308 e. The molecule has 121 heavy (non-hydrogen) atoms. The average molecular weight is 1580 g/mol. The van der Waals surface area contributed by atoms with Gasteiger partial charge in [-0.05, 0) is 231 Å². The molecule has 0 bridgehead atoms. The van der Waals surface area contributed by atoms with Crippen molar-refractivity contribution in [3.8, 4) is 122 Å². The van der Waals surface area contributed by atoms with Gasteiger partial charge < -0.3 is 9.80 Å². The molecule has 18 aromatic carbocycles. The summed E-state index contributed by atoms with van der Waals surface area (Å²) in [7, 11) is 0. The number of rotatable bonds is 15. The number of benzene rings is 18. The molecule has 0 N–H and O–H groups in total. The van der Waals surface area contributed by atoms with Crippen molar-refractivity contribution in [1.29, 1.82) is 0 Å². The standard InChI is InChI=1S/C117H84N2S2/c1-116(2)104-48-22-18-42-94(104)96-66-58-82(74-106(96)116)76-54-62-84(63-55-76)118(108-50-24-20-44-98(108)92-40-16-14-38-90(92)88-36-12-10-34-86(88)78-30-6-3-7-31-78)111-52-29-47-101-103-73-81(61-69-113(103)121-115(101)111)80-60-68-109(102(72-80)93-41-17-15-39-91(93)89-37-13-11-35-87(89)79-32-8-4-9-33-79)119(110-51-28-46-100-99-45-21-25-53-112(99)120-114(100)110)85-64-56-77(57-65-85)83-59-67-97-95-43-19-23-49-105(95)117(107(97)75-83)70-26-5-27-71-117/h3-4,6-25,28-69,72-75H,5,26-27,70-71H2,1-2H3. The molecule has 0 saturated heterocycles. The normalized spacial score (nSPS) is 13.5. The summed E-state index contributed by atoms with van der Waals surface area (Å²) < 4.78 is 4.96. The lowest BCUT2D eigenvalue weighted by Crippen LogP contribution is -2.28. The van der Waals surface area contributed by atoms with E-state index in [9.17, 15) is 0 Å². The van der Waals surface area contributed by atoms with Gasteiger partial charge in [0.15, 0.2) is 0 Å². The Morgan fingerprint density at radius 3 is 1.15 bits per heavy atom. The van der Waals surface area contributed by atoms with Crippen LogP contribution in [0.3, 0.4) is 0 Å². The van der Waals surface area contributed by atoms with E-state index in [0.717, 1.165) is 73.1 Å². The summed E-state index contributed by atoms with van der Waals surface area (Å²) in [6.45, 7) is 4.74. The number of thiophene rings is 2. The van der Waals surface area contributed by atoms with Gasteiger partial charge in [0.1, 0.15) is 0 Å². The number of nitrogens with zero attached hydrogens (tertiary/aromatic N) is 2. The number of para-hydroxylation sites is 1. The molecule has 0 amide bonds. The van der Waals surface area contributed by atoms with Crippen LogP contribution in [0.2, 0.25) is 0 Å². The zero-order valence-electron chi connectivity index (χ0n) is 67.5. The summed E-state index contributed by atoms with van der Waals surface area (Å²) >= 11 is 3.76. The Hall–Kier alpha value is -14.0. The first-order chi connectivity index (χ1) is 59.8. The second-order valence-electron chi connectivity index (χ2n) is 33.5. The molecule has 0 atom stereocenters. The van der Waals surface area contributed by atoms with Gasteiger partial charge in [-0.25, -0.2) is 0 Å². The van der Waals surface area contributed by atoms with E-state index in [1.54, 1.807) is 0 Å². The minimum atomic E-state index is -0.120. The summed E-state index contributed by atoms with van der Waals surface area (Å²) in [6, 6.07) is 156. The highest BCUT2D eigenvalue weighted by atomic mass is 32.1. The quantitative estimate of drug-likeness (QED) is 0.101. The average Bonchev–Trinajstić information content (AvgIpc) is 1.57. The van der Waals surface area contributed by atoms with Crippen molar-refractivity contribution < 1.29 is 0 Å². The highest BCUT2D eigenvalue weighted by Gasteiger charge is 2.44. The molecule has 2 heterocycles. The zero-order chi connectivity index (χ0) is 80.3. The lowest BCUT2D eigenvalue weighted by atomic mass is 9.67. The van der Waals surface area contributed by atoms with Crippen LogP contribution in [0.25, 0.3) is 163 Å². The first-order valence-corrected chi connectivity index (χ1v) is 44.3. The third kappa shape index (κ3) is 12.1. The van der Waals surface area contributed by atoms with Gasteiger partial charge in [-0.15, -0.1) is 22.7 Å². The first kappa shape index (κ1) is 72.2. The fourth-order valence-corrected chi connectivity index (χ4v) is 23.2. The van der Waals surface area contributed by atoms with Gasteiger partial charge in [0, 0.05) is 64.3 Å². The lowest BCUT2D eigenvalue weighted by molar-refractivity contribution is 0.353. The van der Waals surface area contributed by atoms with E-state index in [2.05, 4.69) is 436 Å². The molecule has 3 aliphatic rings. The van der Waals surface area contributed by atoms with Crippen LogP contribution in [0.1, 0.15) is 68.2 Å². The summed E-state index contributed by atoms with van der Waals surface area (Å²) in [4.78, 5) is 5.11. The van der Waals surface area contributed by atoms with Gasteiger partial charge in [-0.2, -0.15) is 0 Å². The van der Waals surface area contributed by atoms with E-state index >= 15 is 0 Å². The second kappa shape index (κ2) is 29.5. The Bertz CT molecular complexity index is 7460. The van der Waals surface area contributed by atoms with Crippen molar-refractivity contribution in [3.63, 3.8) is 0 Å². The molecule has 3 aliphatic carbocycles. The molecule has 574 valence electrons. The zero-order valence-corrected chi connectivity index (χ0v) is 69.1. The molecule has 0 aliphatic heterocycles. The van der Waals surface area contributed by atoms with Crippen LogP contribution in [-0.4, -0.2) is 0 Å². The lowest BCUT2D eigenvalue weighted by Gasteiger charge is -2.36. The largest absolute Gasteiger partial charge is 0.308 e. The molecular formula is C117H84N2S2. The van der Waals surface area contributed by atoms with Crippen LogP contribution in [0, 0.1) is 0 Å². The van der Waals surface area contributed by atoms with Gasteiger partial charge in [0.05, 0.1) is 32.1 Å². The van der Waals surface area contributed by atoms with Crippen molar-refractivity contribution in [2.24, 2.45) is 0 Å². The van der Waals surface area contributed by atoms with Crippen molar-refractivity contribution in [3.05, 3.63) is 435 Å². The van der Waals surface area contributed by atoms with E-state index < -0.39 is 0 Å². The molecule has 20 aromatic rings. The highest BCUT2D eigenvalue weighted by Crippen LogP contribution is 2.59. The van der Waals surface area contributed by atoms with Crippen molar-refractivity contribution in [2.45, 2.75) is 56.8 Å². The number of fused-ring (bicyclic) bond motifs is 14. The molecule has 1 saturated carbocycles. The summed E-state index contributed by atoms with van der Waals surface area (Å²) in [6.07, 6.45) is 6.22. The Kier molecular flexibility index (Phi) is 17.6. The highest BCUT2D eigenvalue weighted by molar-refractivity contribution is 7.27. The van der Waals surface area contributed by atoms with Gasteiger partial charge in [0.25, 0.3) is 0 Å². The molecular weight excluding hydrogens is 1500 g/mol. The number of hydrogen-bond donors (Lipinski definition) is 0. The number of anilines is 6. The van der Waals surface area contributed by atoms with Crippen LogP contribution in [0.4, 0.5) is 34.1 Å². The maximum atomic E-state index is 2.57. The topological polar surface area (TPSA) is 6.48 Å². The molecule has 1 spiro atoms. The Balaban J connectivity index is 0.694. The van der Waals surface area contributed by atoms with Crippen molar-refractivity contribution >= 4 is 97.1 Å². The van der Waals surface area contributed by atoms with Crippen LogP contribution in [0.15, 0.2) is 413 Å². The van der Waals surface area contributed by atoms with Crippen LogP contribution >= 0.6 is 22.7 Å². The van der Waals surface area contributed by atoms with E-state index in [4.69, 9.17) is 0 Å². The first-order valence-electron chi connectivity index (χ1n) is 42.6. The van der Waals surface area contributed by atoms with Crippen LogP contribution < -0.4 is 9.80 Å². The fourth-order valence-electron chi connectivity index (χ4n) is 20.8. The van der Waals surface area contributed by atoms with Crippen molar-refractivity contribution in [2.75, 3.05) is 9.80 Å². The third-order valence-electron chi connectivity index (χ3n) is 26.6. The predicted molar refractivity (Wildman–Crippen MR) is 517 cm³/mol. The van der Waals surface area contributed by atoms with Gasteiger partial charge >= 0.3 is 0 Å². The van der Waals surface area contributed by atoms with E-state index in [-0.39, 0.29) is 10.8 Å². The maximum Gasteiger partial charge on any atom is 0.0640 e. The molecule has 0 unspecified atom stereocenters. The minimum absolute atomic E-state index is 0.0569. The van der Waals surface area contributed by atoms with E-state index in [1.165, 1.54) is 178 Å². The summed E-state index contributed by atoms with van der Waals surface area (Å²) in [5.41, 5.74) is 39.0. The molecule has 1 fully saturated rings. The Morgan fingerprint density at radius 1 is 0.207 bits per heavy atom. The third-order valence-corrected chi connectivity index (χ3v) is 29.0. The predicted octanol–water partition coefficient (Wildman–Crippen LogP) is 33.9. The Morgan fingerprint density at radius 2 is 0.570 bits per heavy atom. The van der Waals surface area contributed by atoms with E-state index in [0.29, 0.717) is 0 Å². The Labute approximate surface area is 715 Å². The summed E-state index contributed by atoms with van der Waals surface area (Å²) in [5.74, 6) is 0. The monoisotopic (exact) mass is 1580 g/mol. The SMILES string of the molecule is CC1(C)c2ccccc2-c2ccc(-c3ccc(N(c4ccccc4-c4ccccc4-c4ccccc4-c4ccccc4)c4cccc5c4sc4ccc(-c6ccc(N(c7ccc(-c8ccc9c(c8)C8(CCCCC8)c8ccccc8-9)cc7)c7cccc8c7sc7ccccc78)c(-c7ccccc7-c7ccccc7-c7ccccc7)c6)cc45)cc3)cc21. The summed E-state index contributed by atoms with van der Waals surface area (Å²) in [5, 5.41) is 4.95. The van der Waals surface area contributed by atoms with Gasteiger partial charge in [0.2, 0.25) is 0 Å². The molecule has 23 rings (SSSR count). The molecule has 2 aromatic heterocycles. The molecule has 2 nitrogen and oxygen atoms in total. The maximum absolute atomic E-state index is 2.57. The van der Waals surface area contributed by atoms with Crippen LogP contribution in [0.5, 0.6) is 0 Å². The smallest absolute Gasteiger partial charge is 0.0640 e. The molecule has 4 heteroatoms. The van der Waals surface area contributed by atoms with Gasteiger partial charge in [-0.3, -0.25) is 0 Å².